The van der Waals surface area contributed by atoms with Gasteiger partial charge in [-0.1, -0.05) is 0 Å². The maximum absolute atomic E-state index is 10.9. The molecule has 1 rings (SSSR count). The van der Waals surface area contributed by atoms with Crippen LogP contribution in [0.15, 0.2) is 6.20 Å². The number of aromatic amines is 1. The zero-order valence-corrected chi connectivity index (χ0v) is 8.55. The fourth-order valence-corrected chi connectivity index (χ4v) is 1.10. The summed E-state index contributed by atoms with van der Waals surface area (Å²) in [4.78, 5) is 10.9. The number of nitrogens with one attached hydrogen (secondary N) is 3. The molecular formula is C9H16N4O. The molecule has 1 aromatic rings. The van der Waals surface area contributed by atoms with Crippen molar-refractivity contribution in [2.75, 3.05) is 13.6 Å². The highest BCUT2D eigenvalue weighted by Crippen LogP contribution is 2.00. The minimum atomic E-state index is 0.0569. The summed E-state index contributed by atoms with van der Waals surface area (Å²) in [6, 6.07) is 0. The number of H-pyrrole nitrogens is 1. The van der Waals surface area contributed by atoms with Gasteiger partial charge >= 0.3 is 0 Å². The van der Waals surface area contributed by atoms with Crippen molar-refractivity contribution < 1.29 is 4.79 Å². The largest absolute Gasteiger partial charge is 0.359 e. The summed E-state index contributed by atoms with van der Waals surface area (Å²) < 4.78 is 0. The van der Waals surface area contributed by atoms with Gasteiger partial charge in [0.25, 0.3) is 0 Å². The second kappa shape index (κ2) is 5.39. The van der Waals surface area contributed by atoms with Crippen LogP contribution in [0.4, 0.5) is 0 Å². The minimum Gasteiger partial charge on any atom is -0.359 e. The van der Waals surface area contributed by atoms with Crippen molar-refractivity contribution in [1.29, 1.82) is 0 Å². The van der Waals surface area contributed by atoms with Crippen molar-refractivity contribution in [2.45, 2.75) is 19.9 Å². The van der Waals surface area contributed by atoms with Crippen molar-refractivity contribution in [3.8, 4) is 0 Å². The van der Waals surface area contributed by atoms with Crippen LogP contribution in [0.2, 0.25) is 0 Å². The van der Waals surface area contributed by atoms with Gasteiger partial charge in [0, 0.05) is 37.8 Å². The summed E-state index contributed by atoms with van der Waals surface area (Å²) in [6.45, 7) is 3.41. The van der Waals surface area contributed by atoms with Crippen LogP contribution in [0.1, 0.15) is 17.7 Å². The minimum absolute atomic E-state index is 0.0569. The second-order valence-corrected chi connectivity index (χ2v) is 3.12. The van der Waals surface area contributed by atoms with Crippen molar-refractivity contribution in [2.24, 2.45) is 0 Å². The maximum atomic E-state index is 10.9. The van der Waals surface area contributed by atoms with Crippen LogP contribution in [0.25, 0.3) is 0 Å². The van der Waals surface area contributed by atoms with Gasteiger partial charge in [0.1, 0.15) is 0 Å². The van der Waals surface area contributed by atoms with Crippen LogP contribution in [-0.4, -0.2) is 29.7 Å². The van der Waals surface area contributed by atoms with Gasteiger partial charge in [-0.25, -0.2) is 0 Å². The summed E-state index contributed by atoms with van der Waals surface area (Å²) in [6.07, 6.45) is 2.30. The van der Waals surface area contributed by atoms with E-state index in [1.165, 1.54) is 0 Å². The molecule has 0 saturated carbocycles. The second-order valence-electron chi connectivity index (χ2n) is 3.12. The Balaban J connectivity index is 2.16. The number of carbonyl (C=O) groups is 1. The SMILES string of the molecule is CNC(=O)CCNCc1cn[nH]c1C. The predicted molar refractivity (Wildman–Crippen MR) is 53.7 cm³/mol. The van der Waals surface area contributed by atoms with E-state index in [4.69, 9.17) is 0 Å². The normalized spacial score (nSPS) is 10.1. The lowest BCUT2D eigenvalue weighted by Crippen LogP contribution is -2.24. The third-order valence-corrected chi connectivity index (χ3v) is 2.06. The molecule has 5 nitrogen and oxygen atoms in total. The topological polar surface area (TPSA) is 69.8 Å². The van der Waals surface area contributed by atoms with E-state index in [9.17, 15) is 4.79 Å². The van der Waals surface area contributed by atoms with Gasteiger partial charge in [-0.3, -0.25) is 9.89 Å². The lowest BCUT2D eigenvalue weighted by atomic mass is 10.2. The average molecular weight is 196 g/mol. The molecule has 0 aromatic carbocycles. The molecule has 0 atom stereocenters. The van der Waals surface area contributed by atoms with E-state index in [1.807, 2.05) is 6.92 Å². The molecule has 14 heavy (non-hydrogen) atoms. The van der Waals surface area contributed by atoms with E-state index in [2.05, 4.69) is 20.8 Å². The Hall–Kier alpha value is -1.36. The van der Waals surface area contributed by atoms with Crippen molar-refractivity contribution >= 4 is 5.91 Å². The Morgan fingerprint density at radius 2 is 2.43 bits per heavy atom. The number of aryl methyl sites for hydroxylation is 1. The standard InChI is InChI=1S/C9H16N4O/c1-7-8(6-12-13-7)5-11-4-3-9(14)10-2/h6,11H,3-5H2,1-2H3,(H,10,14)(H,12,13). The predicted octanol–water partition coefficient (Wildman–Crippen LogP) is -0.0562. The van der Waals surface area contributed by atoms with E-state index < -0.39 is 0 Å². The third-order valence-electron chi connectivity index (χ3n) is 2.06. The Bertz CT molecular complexity index is 295. The molecule has 3 N–H and O–H groups in total. The van der Waals surface area contributed by atoms with Gasteiger partial charge < -0.3 is 10.6 Å². The molecule has 5 heteroatoms. The summed E-state index contributed by atoms with van der Waals surface area (Å²) in [5, 5.41) is 12.5. The molecule has 1 aromatic heterocycles. The van der Waals surface area contributed by atoms with Crippen LogP contribution >= 0.6 is 0 Å². The van der Waals surface area contributed by atoms with Gasteiger partial charge in [-0.2, -0.15) is 5.10 Å². The quantitative estimate of drug-likeness (QED) is 0.578. The zero-order chi connectivity index (χ0) is 10.4. The zero-order valence-electron chi connectivity index (χ0n) is 8.55. The summed E-state index contributed by atoms with van der Waals surface area (Å²) in [5.74, 6) is 0.0569. The van der Waals surface area contributed by atoms with Crippen molar-refractivity contribution in [3.63, 3.8) is 0 Å². The van der Waals surface area contributed by atoms with Gasteiger partial charge in [0.2, 0.25) is 5.91 Å². The van der Waals surface area contributed by atoms with Crippen LogP contribution in [-0.2, 0) is 11.3 Å². The molecule has 0 radical (unpaired) electrons. The van der Waals surface area contributed by atoms with Crippen molar-refractivity contribution in [3.05, 3.63) is 17.5 Å². The molecule has 0 fully saturated rings. The highest BCUT2D eigenvalue weighted by atomic mass is 16.1. The smallest absolute Gasteiger partial charge is 0.221 e. The van der Waals surface area contributed by atoms with Crippen LogP contribution in [0.3, 0.4) is 0 Å². The van der Waals surface area contributed by atoms with Gasteiger partial charge in [-0.05, 0) is 6.92 Å². The number of hydrogen-bond acceptors (Lipinski definition) is 3. The Morgan fingerprint density at radius 3 is 3.00 bits per heavy atom. The number of carbonyl (C=O) groups excluding carboxylic acids is 1. The van der Waals surface area contributed by atoms with E-state index in [1.54, 1.807) is 13.2 Å². The molecule has 0 aliphatic carbocycles. The highest BCUT2D eigenvalue weighted by molar-refractivity contribution is 5.75. The maximum Gasteiger partial charge on any atom is 0.221 e. The molecule has 0 bridgehead atoms. The lowest BCUT2D eigenvalue weighted by molar-refractivity contribution is -0.120. The van der Waals surface area contributed by atoms with Crippen LogP contribution < -0.4 is 10.6 Å². The summed E-state index contributed by atoms with van der Waals surface area (Å²) >= 11 is 0. The fraction of sp³-hybridized carbons (Fsp3) is 0.556. The molecular weight excluding hydrogens is 180 g/mol. The highest BCUT2D eigenvalue weighted by Gasteiger charge is 2.00. The van der Waals surface area contributed by atoms with Crippen LogP contribution in [0.5, 0.6) is 0 Å². The Kier molecular flexibility index (Phi) is 4.12. The number of hydrogen-bond donors (Lipinski definition) is 3. The van der Waals surface area contributed by atoms with Crippen molar-refractivity contribution in [1.82, 2.24) is 20.8 Å². The first-order valence-corrected chi connectivity index (χ1v) is 4.64. The Labute approximate surface area is 83.3 Å². The van der Waals surface area contributed by atoms with E-state index in [0.717, 1.165) is 17.8 Å². The molecule has 78 valence electrons. The third kappa shape index (κ3) is 3.18. The molecule has 0 unspecified atom stereocenters. The summed E-state index contributed by atoms with van der Waals surface area (Å²) in [5.41, 5.74) is 2.21. The first-order chi connectivity index (χ1) is 6.74. The number of nitrogens with zero attached hydrogens (tertiary/aromatic N) is 1. The van der Waals surface area contributed by atoms with Gasteiger partial charge in [0.15, 0.2) is 0 Å². The fourth-order valence-electron chi connectivity index (χ4n) is 1.10. The average Bonchev–Trinajstić information content (AvgIpc) is 2.58. The number of aromatic nitrogens is 2. The molecule has 1 heterocycles. The van der Waals surface area contributed by atoms with E-state index in [0.29, 0.717) is 13.0 Å². The lowest BCUT2D eigenvalue weighted by Gasteiger charge is -2.02. The van der Waals surface area contributed by atoms with E-state index >= 15 is 0 Å². The molecule has 0 aliphatic rings. The first kappa shape index (κ1) is 10.7. The number of rotatable bonds is 5. The van der Waals surface area contributed by atoms with E-state index in [-0.39, 0.29) is 5.91 Å². The first-order valence-electron chi connectivity index (χ1n) is 4.64. The Morgan fingerprint density at radius 1 is 1.64 bits per heavy atom. The van der Waals surface area contributed by atoms with Gasteiger partial charge in [-0.15, -0.1) is 0 Å². The number of amides is 1. The molecule has 0 spiro atoms. The molecule has 0 aliphatic heterocycles. The van der Waals surface area contributed by atoms with Crippen LogP contribution in [0, 0.1) is 6.92 Å². The van der Waals surface area contributed by atoms with Gasteiger partial charge in [0.05, 0.1) is 6.20 Å². The molecule has 0 saturated heterocycles. The summed E-state index contributed by atoms with van der Waals surface area (Å²) in [7, 11) is 1.64. The monoisotopic (exact) mass is 196 g/mol. The molecule has 1 amide bonds.